The first-order chi connectivity index (χ1) is 29.4. The van der Waals surface area contributed by atoms with Gasteiger partial charge < -0.3 is 28.7 Å². The highest BCUT2D eigenvalue weighted by molar-refractivity contribution is 7.86. The third kappa shape index (κ3) is 9.36. The summed E-state index contributed by atoms with van der Waals surface area (Å²) in [7, 11) is 4.58. The summed E-state index contributed by atoms with van der Waals surface area (Å²) in [6.07, 6.45) is 5.78. The lowest BCUT2D eigenvalue weighted by atomic mass is 9.70. The van der Waals surface area contributed by atoms with E-state index in [1.54, 1.807) is 18.0 Å². The number of amides is 3. The molecule has 61 heavy (non-hydrogen) atoms. The fourth-order valence-electron chi connectivity index (χ4n) is 9.05. The van der Waals surface area contributed by atoms with Crippen molar-refractivity contribution in [3.63, 3.8) is 0 Å². The zero-order chi connectivity index (χ0) is 43.4. The maximum atomic E-state index is 17.7. The van der Waals surface area contributed by atoms with Gasteiger partial charge in [-0.3, -0.25) is 28.7 Å². The molecule has 1 unspecified atom stereocenters. The molecule has 4 heterocycles. The van der Waals surface area contributed by atoms with E-state index in [1.807, 2.05) is 34.9 Å². The van der Waals surface area contributed by atoms with Crippen LogP contribution in [0.1, 0.15) is 70.9 Å². The second-order valence-corrected chi connectivity index (χ2v) is 18.1. The number of nitrogens with one attached hydrogen (secondary N) is 1. The van der Waals surface area contributed by atoms with Gasteiger partial charge in [-0.15, -0.1) is 5.10 Å². The van der Waals surface area contributed by atoms with Crippen LogP contribution in [0.4, 0.5) is 14.5 Å². The first-order valence-corrected chi connectivity index (χ1v) is 22.3. The summed E-state index contributed by atoms with van der Waals surface area (Å²) in [5.41, 5.74) is 1.31. The number of benzene rings is 2. The number of methoxy groups -OCH3 is 3. The quantitative estimate of drug-likeness (QED) is 0.267. The second-order valence-electron chi connectivity index (χ2n) is 16.2. The van der Waals surface area contributed by atoms with Crippen LogP contribution in [0.25, 0.3) is 0 Å². The van der Waals surface area contributed by atoms with Crippen molar-refractivity contribution >= 4 is 45.9 Å². The van der Waals surface area contributed by atoms with Gasteiger partial charge in [-0.25, -0.2) is 8.78 Å². The second kappa shape index (κ2) is 19.3. The van der Waals surface area contributed by atoms with Crippen LogP contribution in [0.2, 0.25) is 5.02 Å². The van der Waals surface area contributed by atoms with Crippen molar-refractivity contribution in [1.29, 1.82) is 0 Å². The number of anilines is 1. The lowest BCUT2D eigenvalue weighted by Gasteiger charge is -2.45. The Labute approximate surface area is 362 Å². The maximum Gasteiger partial charge on any atom is 0.287 e. The number of halogens is 3. The van der Waals surface area contributed by atoms with Crippen molar-refractivity contribution in [2.45, 2.75) is 63.1 Å². The minimum absolute atomic E-state index is 0.0365. The number of aromatic nitrogens is 2. The third-order valence-corrected chi connectivity index (χ3v) is 13.9. The summed E-state index contributed by atoms with van der Waals surface area (Å²) in [5.74, 6) is -3.40. The highest BCUT2D eigenvalue weighted by Crippen LogP contribution is 2.48. The Morgan fingerprint density at radius 3 is 2.62 bits per heavy atom. The monoisotopic (exact) mass is 885 g/mol. The van der Waals surface area contributed by atoms with Crippen molar-refractivity contribution in [2.75, 3.05) is 78.0 Å². The maximum absolute atomic E-state index is 17.7. The zero-order valence-corrected chi connectivity index (χ0v) is 36.8. The fourth-order valence-corrected chi connectivity index (χ4v) is 10.7. The molecule has 0 saturated carbocycles. The Morgan fingerprint density at radius 2 is 1.89 bits per heavy atom. The molecule has 1 fully saturated rings. The van der Waals surface area contributed by atoms with E-state index in [0.717, 1.165) is 24.0 Å². The van der Waals surface area contributed by atoms with Gasteiger partial charge in [0.15, 0.2) is 5.82 Å². The van der Waals surface area contributed by atoms with Gasteiger partial charge in [-0.05, 0) is 79.8 Å². The van der Waals surface area contributed by atoms with E-state index in [1.165, 1.54) is 44.4 Å². The molecule has 3 aromatic rings. The molecule has 2 aromatic carbocycles. The first-order valence-electron chi connectivity index (χ1n) is 20.6. The van der Waals surface area contributed by atoms with Crippen molar-refractivity contribution < 1.29 is 42.1 Å². The van der Waals surface area contributed by atoms with E-state index in [-0.39, 0.29) is 86.0 Å². The Kier molecular flexibility index (Phi) is 14.1. The molecule has 18 heteroatoms. The normalized spacial score (nSPS) is 25.4. The lowest BCUT2D eigenvalue weighted by Crippen LogP contribution is -2.58. The van der Waals surface area contributed by atoms with Crippen molar-refractivity contribution in [3.05, 3.63) is 81.5 Å². The van der Waals surface area contributed by atoms with Gasteiger partial charge in [0.25, 0.3) is 11.8 Å². The van der Waals surface area contributed by atoms with Gasteiger partial charge in [0.1, 0.15) is 28.9 Å². The van der Waals surface area contributed by atoms with Gasteiger partial charge in [0.05, 0.1) is 38.7 Å². The number of carbonyl (C=O) groups is 3. The van der Waals surface area contributed by atoms with Crippen LogP contribution in [-0.2, 0) is 44.0 Å². The summed E-state index contributed by atoms with van der Waals surface area (Å²) < 4.78 is 66.3. The van der Waals surface area contributed by atoms with E-state index in [4.69, 9.17) is 30.5 Å². The van der Waals surface area contributed by atoms with Crippen LogP contribution in [-0.4, -0.2) is 123 Å². The molecule has 1 saturated heterocycles. The molecule has 4 aliphatic rings. The van der Waals surface area contributed by atoms with E-state index in [9.17, 15) is 14.4 Å². The molecule has 5 atom stereocenters. The number of carbonyl (C=O) groups excluding carboxylic acids is 3. The summed E-state index contributed by atoms with van der Waals surface area (Å²) in [5, 5.41) is 4.78. The largest absolute Gasteiger partial charge is 0.490 e. The number of aryl methyl sites for hydroxylation is 2. The molecular weight excluding hydrogens is 832 g/mol. The highest BCUT2D eigenvalue weighted by Gasteiger charge is 2.49. The molecule has 1 aliphatic carbocycles. The number of nitrogens with zero attached hydrogens (tertiary/aromatic N) is 6. The molecule has 3 aliphatic heterocycles. The Balaban J connectivity index is 1.39. The lowest BCUT2D eigenvalue weighted by molar-refractivity contribution is -0.138. The first kappa shape index (κ1) is 44.6. The number of ether oxygens (including phenoxy) is 4. The number of hydrogen-bond donors (Lipinski definition) is 1. The van der Waals surface area contributed by atoms with Crippen molar-refractivity contribution in [1.82, 2.24) is 24.3 Å². The van der Waals surface area contributed by atoms with Crippen LogP contribution in [0, 0.1) is 11.7 Å². The Morgan fingerprint density at radius 1 is 1.11 bits per heavy atom. The molecule has 2 bridgehead atoms. The van der Waals surface area contributed by atoms with Crippen molar-refractivity contribution in [3.8, 4) is 11.6 Å². The molecule has 1 N–H and O–H groups in total. The standard InChI is InChI=1S/C43H54ClF2N7O7S/c1-27-10-14-33(45)37(42(56)51(18-20-57-3)19-21-58-4)52-17-7-9-35(52)53-25-43(16-6-8-28-22-29(44)11-13-32(28)43)26-60-34-15-12-30(36(46)38(34)53)39(54)48-61(24-27)49-40(55)31-23-50(2)47-41(31)59-5/h11-15,22-23,27,35,37H,6-10,16-21,24-26H2,1-5H3,(H,48,49,54,55)/b33-14-/t27-,35+,37+,43-,61?/m0/s1. The number of fused-ring (bicyclic) bond motifs is 5. The van der Waals surface area contributed by atoms with Gasteiger partial charge >= 0.3 is 0 Å². The average molecular weight is 886 g/mol. The van der Waals surface area contributed by atoms with E-state index in [2.05, 4.69) is 14.2 Å². The Hall–Kier alpha value is -4.42. The Bertz CT molecular complexity index is 2200. The van der Waals surface area contributed by atoms with E-state index >= 15 is 8.78 Å². The molecule has 3 amide bonds. The average Bonchev–Trinajstić information content (AvgIpc) is 3.83. The summed E-state index contributed by atoms with van der Waals surface area (Å²) >= 11 is 6.50. The van der Waals surface area contributed by atoms with Gasteiger partial charge in [0, 0.05) is 80.7 Å². The minimum atomic E-state index is -1.52. The number of hydrogen-bond acceptors (Lipinski definition) is 10. The van der Waals surface area contributed by atoms with Crippen LogP contribution in [0.15, 0.2) is 52.8 Å². The third-order valence-electron chi connectivity index (χ3n) is 12.0. The molecule has 1 spiro atoms. The predicted octanol–water partition coefficient (Wildman–Crippen LogP) is 5.79. The van der Waals surface area contributed by atoms with Crippen LogP contribution in [0.3, 0.4) is 0 Å². The summed E-state index contributed by atoms with van der Waals surface area (Å²) in [6.45, 7) is 3.48. The van der Waals surface area contributed by atoms with Gasteiger partial charge in [-0.1, -0.05) is 30.7 Å². The van der Waals surface area contributed by atoms with Gasteiger partial charge in [0.2, 0.25) is 11.8 Å². The summed E-state index contributed by atoms with van der Waals surface area (Å²) in [4.78, 5) is 48.1. The fraction of sp³-hybridized carbons (Fsp3) is 0.535. The predicted molar refractivity (Wildman–Crippen MR) is 228 cm³/mol. The molecular formula is C43H54ClF2N7O7S. The van der Waals surface area contributed by atoms with E-state index in [0.29, 0.717) is 30.8 Å². The molecule has 0 radical (unpaired) electrons. The van der Waals surface area contributed by atoms with Crippen LogP contribution < -0.4 is 19.1 Å². The van der Waals surface area contributed by atoms with E-state index < -0.39 is 57.9 Å². The minimum Gasteiger partial charge on any atom is -0.490 e. The molecule has 1 aromatic heterocycles. The van der Waals surface area contributed by atoms with Crippen LogP contribution in [0.5, 0.6) is 11.6 Å². The van der Waals surface area contributed by atoms with Gasteiger partial charge in [-0.2, -0.15) is 4.36 Å². The highest BCUT2D eigenvalue weighted by atomic mass is 35.5. The molecule has 7 rings (SSSR count). The molecule has 330 valence electrons. The summed E-state index contributed by atoms with van der Waals surface area (Å²) in [6, 6.07) is 7.40. The zero-order valence-electron chi connectivity index (χ0n) is 35.3. The topological polar surface area (TPSA) is 140 Å². The smallest absolute Gasteiger partial charge is 0.287 e. The van der Waals surface area contributed by atoms with Crippen LogP contribution >= 0.6 is 11.6 Å². The molecule has 14 nitrogen and oxygen atoms in total. The van der Waals surface area contributed by atoms with Crippen molar-refractivity contribution in [2.24, 2.45) is 17.3 Å². The number of allylic oxidation sites excluding steroid dienone is 1. The number of rotatable bonds is 10. The SMILES string of the molecule is COCCN(CCOC)C(=O)[C@H]1/C(F)=C/C[C@H](C)C/S(NC(=O)c2cn(C)nc2OC)=N\C(=O)c2ccc3c(c2F)N(C[C@@]2(CCCc4cc(Cl)ccc42)CO3)[C@@H]2CCCN12.